The van der Waals surface area contributed by atoms with Crippen LogP contribution in [0.25, 0.3) is 0 Å². The van der Waals surface area contributed by atoms with Crippen LogP contribution in [0.15, 0.2) is 18.2 Å². The van der Waals surface area contributed by atoms with Gasteiger partial charge < -0.3 is 5.73 Å². The summed E-state index contributed by atoms with van der Waals surface area (Å²) in [5, 5.41) is 0. The lowest BCUT2D eigenvalue weighted by Crippen LogP contribution is -2.31. The Bertz CT molecular complexity index is 419. The highest BCUT2D eigenvalue weighted by Gasteiger charge is 2.37. The lowest BCUT2D eigenvalue weighted by Gasteiger charge is -2.27. The average Bonchev–Trinajstić information content (AvgIpc) is 2.94. The number of nitrogens with two attached hydrogens (primary N) is 1. The highest BCUT2D eigenvalue weighted by atomic mass is 19.1. The molecule has 1 aromatic carbocycles. The smallest absolute Gasteiger partial charge is 0.132 e. The van der Waals surface area contributed by atoms with Gasteiger partial charge in [0, 0.05) is 36.8 Å². The number of fused-ring (bicyclic) bond motifs is 2. The fourth-order valence-electron chi connectivity index (χ4n) is 3.35. The van der Waals surface area contributed by atoms with Crippen molar-refractivity contribution in [3.63, 3.8) is 0 Å². The Labute approximate surface area is 102 Å². The summed E-state index contributed by atoms with van der Waals surface area (Å²) in [5.41, 5.74) is 6.97. The summed E-state index contributed by atoms with van der Waals surface area (Å²) in [7, 11) is 0. The van der Waals surface area contributed by atoms with E-state index in [0.29, 0.717) is 11.6 Å². The van der Waals surface area contributed by atoms with Crippen molar-refractivity contribution >= 4 is 0 Å². The van der Waals surface area contributed by atoms with Gasteiger partial charge in [-0.3, -0.25) is 4.90 Å². The molecule has 92 valence electrons. The average molecular weight is 234 g/mol. The van der Waals surface area contributed by atoms with Crippen LogP contribution in [0.2, 0.25) is 0 Å². The van der Waals surface area contributed by atoms with Crippen molar-refractivity contribution in [1.82, 2.24) is 4.90 Å². The first-order valence-corrected chi connectivity index (χ1v) is 6.48. The van der Waals surface area contributed by atoms with Gasteiger partial charge in [0.15, 0.2) is 0 Å². The van der Waals surface area contributed by atoms with Gasteiger partial charge >= 0.3 is 0 Å². The second-order valence-electron chi connectivity index (χ2n) is 5.36. The molecule has 2 fully saturated rings. The maximum absolute atomic E-state index is 14.1. The van der Waals surface area contributed by atoms with Gasteiger partial charge in [0.05, 0.1) is 0 Å². The predicted molar refractivity (Wildman–Crippen MR) is 65.8 cm³/mol. The zero-order valence-electron chi connectivity index (χ0n) is 10.0. The topological polar surface area (TPSA) is 29.3 Å². The van der Waals surface area contributed by atoms with Crippen LogP contribution in [-0.2, 0) is 13.1 Å². The van der Waals surface area contributed by atoms with Crippen LogP contribution in [0, 0.1) is 11.7 Å². The van der Waals surface area contributed by atoms with Gasteiger partial charge in [-0.25, -0.2) is 4.39 Å². The van der Waals surface area contributed by atoms with E-state index in [9.17, 15) is 4.39 Å². The van der Waals surface area contributed by atoms with Gasteiger partial charge in [-0.1, -0.05) is 18.2 Å². The van der Waals surface area contributed by atoms with Crippen molar-refractivity contribution in [3.05, 3.63) is 35.1 Å². The molecule has 1 heterocycles. The molecule has 2 nitrogen and oxygen atoms in total. The zero-order chi connectivity index (χ0) is 11.8. The third-order valence-electron chi connectivity index (χ3n) is 4.27. The predicted octanol–water partition coefficient (Wildman–Crippen LogP) is 2.27. The van der Waals surface area contributed by atoms with Crippen LogP contribution in [0.5, 0.6) is 0 Å². The molecule has 1 aliphatic heterocycles. The molecule has 17 heavy (non-hydrogen) atoms. The Morgan fingerprint density at radius 1 is 1.29 bits per heavy atom. The first-order valence-electron chi connectivity index (χ1n) is 6.48. The second kappa shape index (κ2) is 4.39. The first-order chi connectivity index (χ1) is 8.28. The van der Waals surface area contributed by atoms with Gasteiger partial charge in [-0.15, -0.1) is 0 Å². The molecule has 3 rings (SSSR count). The van der Waals surface area contributed by atoms with E-state index in [0.717, 1.165) is 24.6 Å². The van der Waals surface area contributed by atoms with Crippen molar-refractivity contribution in [1.29, 1.82) is 0 Å². The van der Waals surface area contributed by atoms with Crippen LogP contribution >= 0.6 is 0 Å². The molecule has 2 atom stereocenters. The maximum atomic E-state index is 14.1. The van der Waals surface area contributed by atoms with E-state index in [1.165, 1.54) is 19.3 Å². The van der Waals surface area contributed by atoms with Gasteiger partial charge in [0.2, 0.25) is 0 Å². The number of piperidine rings is 1. The van der Waals surface area contributed by atoms with Crippen molar-refractivity contribution < 1.29 is 4.39 Å². The molecular formula is C14H19FN2. The molecule has 0 amide bonds. The monoisotopic (exact) mass is 234 g/mol. The van der Waals surface area contributed by atoms with Gasteiger partial charge in [-0.05, 0) is 25.2 Å². The number of rotatable bonds is 3. The highest BCUT2D eigenvalue weighted by Crippen LogP contribution is 2.38. The number of hydrogen-bond acceptors (Lipinski definition) is 2. The van der Waals surface area contributed by atoms with Gasteiger partial charge in [-0.2, -0.15) is 0 Å². The molecule has 2 aliphatic rings. The molecule has 2 unspecified atom stereocenters. The standard InChI is InChI=1S/C14H19FN2/c15-14-11(7-16)2-1-3-12(14)9-17-8-10-4-5-13(17)6-10/h1-3,10,13H,4-9,16H2. The molecule has 0 spiro atoms. The van der Waals surface area contributed by atoms with E-state index in [1.54, 1.807) is 6.07 Å². The van der Waals surface area contributed by atoms with Crippen LogP contribution < -0.4 is 5.73 Å². The Morgan fingerprint density at radius 2 is 2.12 bits per heavy atom. The summed E-state index contributed by atoms with van der Waals surface area (Å²) in [6.45, 7) is 2.18. The van der Waals surface area contributed by atoms with E-state index >= 15 is 0 Å². The molecule has 2 bridgehead atoms. The lowest BCUT2D eigenvalue weighted by molar-refractivity contribution is 0.203. The normalized spacial score (nSPS) is 27.9. The largest absolute Gasteiger partial charge is 0.326 e. The minimum atomic E-state index is -0.0993. The van der Waals surface area contributed by atoms with Crippen molar-refractivity contribution in [2.45, 2.75) is 38.4 Å². The van der Waals surface area contributed by atoms with Gasteiger partial charge in [0.1, 0.15) is 5.82 Å². The molecular weight excluding hydrogens is 215 g/mol. The molecule has 0 radical (unpaired) electrons. The number of nitrogens with zero attached hydrogens (tertiary/aromatic N) is 1. The van der Waals surface area contributed by atoms with Crippen LogP contribution in [0.3, 0.4) is 0 Å². The minimum Gasteiger partial charge on any atom is -0.326 e. The van der Waals surface area contributed by atoms with E-state index in [4.69, 9.17) is 5.73 Å². The summed E-state index contributed by atoms with van der Waals surface area (Å²) >= 11 is 0. The van der Waals surface area contributed by atoms with Crippen LogP contribution in [0.4, 0.5) is 4.39 Å². The molecule has 0 aromatic heterocycles. The summed E-state index contributed by atoms with van der Waals surface area (Å²) in [6, 6.07) is 6.27. The number of benzene rings is 1. The minimum absolute atomic E-state index is 0.0993. The summed E-state index contributed by atoms with van der Waals surface area (Å²) in [5.74, 6) is 0.763. The summed E-state index contributed by atoms with van der Waals surface area (Å²) in [4.78, 5) is 2.44. The third-order valence-corrected chi connectivity index (χ3v) is 4.27. The molecule has 1 aromatic rings. The van der Waals surface area contributed by atoms with E-state index in [-0.39, 0.29) is 12.4 Å². The van der Waals surface area contributed by atoms with E-state index < -0.39 is 0 Å². The fourth-order valence-corrected chi connectivity index (χ4v) is 3.35. The second-order valence-corrected chi connectivity index (χ2v) is 5.36. The fraction of sp³-hybridized carbons (Fsp3) is 0.571. The molecule has 1 aliphatic carbocycles. The SMILES string of the molecule is NCc1cccc(CN2CC3CCC2C3)c1F. The lowest BCUT2D eigenvalue weighted by atomic mass is 10.1. The number of halogens is 1. The Kier molecular flexibility index (Phi) is 2.89. The Hall–Kier alpha value is -0.930. The molecule has 1 saturated carbocycles. The quantitative estimate of drug-likeness (QED) is 0.869. The Morgan fingerprint density at radius 3 is 2.76 bits per heavy atom. The van der Waals surface area contributed by atoms with Crippen molar-refractivity contribution in [3.8, 4) is 0 Å². The van der Waals surface area contributed by atoms with Crippen LogP contribution in [0.1, 0.15) is 30.4 Å². The zero-order valence-corrected chi connectivity index (χ0v) is 10.0. The molecule has 1 saturated heterocycles. The number of likely N-dealkylation sites (tertiary alicyclic amines) is 1. The summed E-state index contributed by atoms with van der Waals surface area (Å²) in [6.07, 6.45) is 3.98. The molecule has 2 N–H and O–H groups in total. The highest BCUT2D eigenvalue weighted by molar-refractivity contribution is 5.26. The van der Waals surface area contributed by atoms with Crippen LogP contribution in [-0.4, -0.2) is 17.5 Å². The maximum Gasteiger partial charge on any atom is 0.132 e. The van der Waals surface area contributed by atoms with E-state index in [2.05, 4.69) is 4.90 Å². The third kappa shape index (κ3) is 1.98. The van der Waals surface area contributed by atoms with Gasteiger partial charge in [0.25, 0.3) is 0 Å². The molecule has 3 heteroatoms. The Balaban J connectivity index is 1.77. The van der Waals surface area contributed by atoms with Crippen molar-refractivity contribution in [2.75, 3.05) is 6.54 Å². The van der Waals surface area contributed by atoms with E-state index in [1.807, 2.05) is 12.1 Å². The number of hydrogen-bond donors (Lipinski definition) is 1. The first kappa shape index (κ1) is 11.2. The summed E-state index contributed by atoms with van der Waals surface area (Å²) < 4.78 is 14.1. The van der Waals surface area contributed by atoms with Crippen molar-refractivity contribution in [2.24, 2.45) is 11.7 Å².